The van der Waals surface area contributed by atoms with Gasteiger partial charge in [-0.25, -0.2) is 4.79 Å². The SMILES string of the molecule is COCC(C)n1c(C)cc(/C=C(/C#N)C(=O)Nc2cccc(-c3noc(=O)[nH]3)c2)c1C. The molecule has 0 aliphatic rings. The van der Waals surface area contributed by atoms with Gasteiger partial charge in [-0.1, -0.05) is 17.3 Å². The molecule has 0 saturated heterocycles. The van der Waals surface area contributed by atoms with Crippen LogP contribution in [0.1, 0.15) is 29.9 Å². The van der Waals surface area contributed by atoms with E-state index in [1.54, 1.807) is 37.5 Å². The number of aromatic nitrogens is 3. The molecule has 0 aliphatic heterocycles. The number of benzene rings is 1. The lowest BCUT2D eigenvalue weighted by Gasteiger charge is -2.17. The smallest absolute Gasteiger partial charge is 0.383 e. The Balaban J connectivity index is 1.85. The van der Waals surface area contributed by atoms with Crippen molar-refractivity contribution in [3.63, 3.8) is 0 Å². The van der Waals surface area contributed by atoms with Crippen LogP contribution in [0.25, 0.3) is 17.5 Å². The molecule has 0 spiro atoms. The molecule has 31 heavy (non-hydrogen) atoms. The molecule has 1 unspecified atom stereocenters. The average molecular weight is 421 g/mol. The van der Waals surface area contributed by atoms with E-state index < -0.39 is 11.7 Å². The fourth-order valence-corrected chi connectivity index (χ4v) is 3.54. The summed E-state index contributed by atoms with van der Waals surface area (Å²) in [6, 6.07) is 10.7. The van der Waals surface area contributed by atoms with Crippen LogP contribution < -0.4 is 11.1 Å². The van der Waals surface area contributed by atoms with Gasteiger partial charge in [-0.2, -0.15) is 5.26 Å². The zero-order chi connectivity index (χ0) is 22.5. The fraction of sp³-hybridized carbons (Fsp3) is 0.273. The lowest BCUT2D eigenvalue weighted by Crippen LogP contribution is -2.14. The van der Waals surface area contributed by atoms with Gasteiger partial charge in [0, 0.05) is 29.7 Å². The van der Waals surface area contributed by atoms with E-state index in [9.17, 15) is 14.9 Å². The van der Waals surface area contributed by atoms with E-state index in [1.807, 2.05) is 32.9 Å². The second-order valence-electron chi connectivity index (χ2n) is 7.15. The van der Waals surface area contributed by atoms with Crippen molar-refractivity contribution in [1.29, 1.82) is 5.26 Å². The Bertz CT molecular complexity index is 1230. The summed E-state index contributed by atoms with van der Waals surface area (Å²) in [6.45, 7) is 6.52. The number of nitrogens with zero attached hydrogens (tertiary/aromatic N) is 3. The summed E-state index contributed by atoms with van der Waals surface area (Å²) in [6.07, 6.45) is 1.58. The van der Waals surface area contributed by atoms with Gasteiger partial charge in [0.15, 0.2) is 5.82 Å². The van der Waals surface area contributed by atoms with Crippen molar-refractivity contribution in [3.05, 3.63) is 63.4 Å². The molecule has 2 aromatic heterocycles. The molecule has 1 amide bonds. The molecular formula is C22H23N5O4. The predicted molar refractivity (Wildman–Crippen MR) is 115 cm³/mol. The molecule has 0 fully saturated rings. The zero-order valence-corrected chi connectivity index (χ0v) is 17.7. The van der Waals surface area contributed by atoms with Crippen LogP contribution in [-0.4, -0.2) is 34.3 Å². The van der Waals surface area contributed by atoms with Gasteiger partial charge in [0.1, 0.15) is 11.6 Å². The third-order valence-electron chi connectivity index (χ3n) is 4.87. The highest BCUT2D eigenvalue weighted by molar-refractivity contribution is 6.09. The summed E-state index contributed by atoms with van der Waals surface area (Å²) in [4.78, 5) is 26.3. The Kier molecular flexibility index (Phi) is 6.52. The molecule has 3 aromatic rings. The Morgan fingerprint density at radius 3 is 2.84 bits per heavy atom. The van der Waals surface area contributed by atoms with Gasteiger partial charge < -0.3 is 14.6 Å². The van der Waals surface area contributed by atoms with Crippen LogP contribution in [0.15, 0.2) is 45.2 Å². The average Bonchev–Trinajstić information content (AvgIpc) is 3.29. The number of aryl methyl sites for hydroxylation is 1. The third kappa shape index (κ3) is 4.82. The van der Waals surface area contributed by atoms with Gasteiger partial charge in [0.25, 0.3) is 5.91 Å². The molecule has 0 radical (unpaired) electrons. The number of H-pyrrole nitrogens is 1. The summed E-state index contributed by atoms with van der Waals surface area (Å²) in [7, 11) is 1.65. The molecular weight excluding hydrogens is 398 g/mol. The number of aromatic amines is 1. The highest BCUT2D eigenvalue weighted by Gasteiger charge is 2.16. The summed E-state index contributed by atoms with van der Waals surface area (Å²) < 4.78 is 11.9. The molecule has 2 N–H and O–H groups in total. The minimum atomic E-state index is -0.670. The highest BCUT2D eigenvalue weighted by atomic mass is 16.5. The van der Waals surface area contributed by atoms with Crippen molar-refractivity contribution in [2.75, 3.05) is 19.0 Å². The lowest BCUT2D eigenvalue weighted by atomic mass is 10.1. The van der Waals surface area contributed by atoms with Gasteiger partial charge >= 0.3 is 5.76 Å². The highest BCUT2D eigenvalue weighted by Crippen LogP contribution is 2.24. The number of anilines is 1. The molecule has 1 atom stereocenters. The van der Waals surface area contributed by atoms with E-state index in [0.717, 1.165) is 17.0 Å². The van der Waals surface area contributed by atoms with Gasteiger partial charge in [-0.3, -0.25) is 14.3 Å². The van der Waals surface area contributed by atoms with Crippen LogP contribution in [0.4, 0.5) is 5.69 Å². The minimum absolute atomic E-state index is 0.0279. The quantitative estimate of drug-likeness (QED) is 0.446. The maximum absolute atomic E-state index is 12.7. The van der Waals surface area contributed by atoms with Crippen LogP contribution in [0.2, 0.25) is 0 Å². The first-order valence-corrected chi connectivity index (χ1v) is 9.61. The van der Waals surface area contributed by atoms with E-state index in [2.05, 4.69) is 24.5 Å². The van der Waals surface area contributed by atoms with E-state index >= 15 is 0 Å². The Morgan fingerprint density at radius 1 is 1.42 bits per heavy atom. The summed E-state index contributed by atoms with van der Waals surface area (Å²) >= 11 is 0. The van der Waals surface area contributed by atoms with Crippen molar-refractivity contribution in [3.8, 4) is 17.5 Å². The number of ether oxygens (including phenoxy) is 1. The Labute approximate surface area is 178 Å². The fourth-order valence-electron chi connectivity index (χ4n) is 3.54. The Morgan fingerprint density at radius 2 is 2.19 bits per heavy atom. The molecule has 1 aromatic carbocycles. The van der Waals surface area contributed by atoms with Gasteiger partial charge in [0.05, 0.1) is 12.6 Å². The number of hydrogen-bond donors (Lipinski definition) is 2. The van der Waals surface area contributed by atoms with Gasteiger partial charge in [-0.15, -0.1) is 0 Å². The van der Waals surface area contributed by atoms with Crippen molar-refractivity contribution >= 4 is 17.7 Å². The number of hydrogen-bond acceptors (Lipinski definition) is 6. The van der Waals surface area contributed by atoms with Crippen molar-refractivity contribution in [2.24, 2.45) is 0 Å². The third-order valence-corrected chi connectivity index (χ3v) is 4.87. The van der Waals surface area contributed by atoms with E-state index in [0.29, 0.717) is 17.9 Å². The number of nitrogens with one attached hydrogen (secondary N) is 2. The molecule has 0 aliphatic carbocycles. The number of carbonyl (C=O) groups is 1. The normalized spacial score (nSPS) is 12.4. The number of rotatable bonds is 7. The summed E-state index contributed by atoms with van der Waals surface area (Å²) in [5.41, 5.74) is 3.73. The largest absolute Gasteiger partial charge is 0.439 e. The number of carbonyl (C=O) groups excluding carboxylic acids is 1. The van der Waals surface area contributed by atoms with Crippen LogP contribution in [0, 0.1) is 25.2 Å². The molecule has 2 heterocycles. The number of amides is 1. The first-order chi connectivity index (χ1) is 14.8. The number of nitriles is 1. The van der Waals surface area contributed by atoms with E-state index in [4.69, 9.17) is 4.74 Å². The summed E-state index contributed by atoms with van der Waals surface area (Å²) in [5.74, 6) is -0.964. The Hall–Kier alpha value is -3.90. The molecule has 0 saturated carbocycles. The topological polar surface area (TPSA) is 126 Å². The van der Waals surface area contributed by atoms with E-state index in [1.165, 1.54) is 0 Å². The van der Waals surface area contributed by atoms with Crippen LogP contribution in [-0.2, 0) is 9.53 Å². The zero-order valence-electron chi connectivity index (χ0n) is 17.7. The van der Waals surface area contributed by atoms with Crippen LogP contribution >= 0.6 is 0 Å². The molecule has 9 nitrogen and oxygen atoms in total. The van der Waals surface area contributed by atoms with Crippen LogP contribution in [0.5, 0.6) is 0 Å². The van der Waals surface area contributed by atoms with E-state index in [-0.39, 0.29) is 17.4 Å². The predicted octanol–water partition coefficient (Wildman–Crippen LogP) is 3.20. The van der Waals surface area contributed by atoms with Gasteiger partial charge in [-0.05, 0) is 50.6 Å². The first kappa shape index (κ1) is 21.8. The van der Waals surface area contributed by atoms with Gasteiger partial charge in [0.2, 0.25) is 0 Å². The first-order valence-electron chi connectivity index (χ1n) is 9.61. The maximum atomic E-state index is 12.7. The second kappa shape index (κ2) is 9.28. The maximum Gasteiger partial charge on any atom is 0.439 e. The van der Waals surface area contributed by atoms with Crippen LogP contribution in [0.3, 0.4) is 0 Å². The second-order valence-corrected chi connectivity index (χ2v) is 7.15. The molecule has 9 heteroatoms. The van der Waals surface area contributed by atoms with Crippen molar-refractivity contribution in [1.82, 2.24) is 14.7 Å². The van der Waals surface area contributed by atoms with Crippen molar-refractivity contribution < 1.29 is 14.1 Å². The molecule has 160 valence electrons. The standard InChI is InChI=1S/C22H23N5O4/c1-13-8-17(15(3)27(13)14(2)12-30-4)9-18(11-23)21(28)24-19-7-5-6-16(10-19)20-25-22(29)31-26-20/h5-10,14H,12H2,1-4H3,(H,24,28)(H,25,26,29)/b18-9-. The molecule has 3 rings (SSSR count). The monoisotopic (exact) mass is 421 g/mol. The number of methoxy groups -OCH3 is 1. The van der Waals surface area contributed by atoms with Crippen molar-refractivity contribution in [2.45, 2.75) is 26.8 Å². The molecule has 0 bridgehead atoms. The lowest BCUT2D eigenvalue weighted by molar-refractivity contribution is -0.112. The summed E-state index contributed by atoms with van der Waals surface area (Å²) in [5, 5.41) is 15.9. The minimum Gasteiger partial charge on any atom is -0.383 e.